The molecule has 0 aliphatic heterocycles. The van der Waals surface area contributed by atoms with E-state index in [1.165, 1.54) is 44.9 Å². The molecule has 1 nitrogen and oxygen atoms in total. The van der Waals surface area contributed by atoms with E-state index >= 15 is 0 Å². The average Bonchev–Trinajstić information content (AvgIpc) is 2.27. The molecule has 92 valence electrons. The van der Waals surface area contributed by atoms with Gasteiger partial charge in [0, 0.05) is 13.2 Å². The van der Waals surface area contributed by atoms with Gasteiger partial charge in [-0.1, -0.05) is 59.3 Å². The van der Waals surface area contributed by atoms with E-state index in [1.54, 1.807) is 0 Å². The van der Waals surface area contributed by atoms with Gasteiger partial charge in [-0.3, -0.25) is 0 Å². The van der Waals surface area contributed by atoms with Crippen LogP contribution in [0.15, 0.2) is 0 Å². The highest BCUT2D eigenvalue weighted by Gasteiger charge is 2.01. The molecule has 0 aliphatic rings. The van der Waals surface area contributed by atoms with Crippen LogP contribution in [0.5, 0.6) is 0 Å². The van der Waals surface area contributed by atoms with Crippen molar-refractivity contribution in [1.29, 1.82) is 0 Å². The predicted molar refractivity (Wildman–Crippen MR) is 68.3 cm³/mol. The van der Waals surface area contributed by atoms with Gasteiger partial charge in [-0.05, 0) is 18.8 Å². The first-order valence-corrected chi connectivity index (χ1v) is 6.92. The molecular formula is C14H30O. The van der Waals surface area contributed by atoms with Gasteiger partial charge in [0.2, 0.25) is 0 Å². The van der Waals surface area contributed by atoms with Gasteiger partial charge in [0.1, 0.15) is 0 Å². The van der Waals surface area contributed by atoms with Crippen molar-refractivity contribution in [1.82, 2.24) is 0 Å². The zero-order chi connectivity index (χ0) is 11.4. The van der Waals surface area contributed by atoms with Crippen molar-refractivity contribution in [3.05, 3.63) is 0 Å². The summed E-state index contributed by atoms with van der Waals surface area (Å²) in [6, 6.07) is 0. The van der Waals surface area contributed by atoms with E-state index in [1.807, 2.05) is 0 Å². The van der Waals surface area contributed by atoms with Gasteiger partial charge in [-0.2, -0.15) is 0 Å². The quantitative estimate of drug-likeness (QED) is 0.449. The summed E-state index contributed by atoms with van der Waals surface area (Å²) < 4.78 is 5.45. The number of unbranched alkanes of at least 4 members (excludes halogenated alkanes) is 3. The highest BCUT2D eigenvalue weighted by molar-refractivity contribution is 4.55. The average molecular weight is 214 g/mol. The van der Waals surface area contributed by atoms with Crippen molar-refractivity contribution < 1.29 is 4.74 Å². The highest BCUT2D eigenvalue weighted by atomic mass is 16.5. The topological polar surface area (TPSA) is 9.23 Å². The minimum Gasteiger partial charge on any atom is -0.381 e. The highest BCUT2D eigenvalue weighted by Crippen LogP contribution is 2.16. The lowest BCUT2D eigenvalue weighted by atomic mass is 9.96. The minimum absolute atomic E-state index is 0.938. The molecule has 0 atom stereocenters. The molecule has 0 N–H and O–H groups in total. The standard InChI is InChI=1S/C14H30O/c1-4-12-15-13-10-8-7-9-11-14(5-2)6-3/h14H,4-13H2,1-3H3. The largest absolute Gasteiger partial charge is 0.381 e. The molecule has 0 spiro atoms. The molecule has 0 unspecified atom stereocenters. The number of rotatable bonds is 11. The maximum atomic E-state index is 5.45. The van der Waals surface area contributed by atoms with E-state index in [-0.39, 0.29) is 0 Å². The zero-order valence-corrected chi connectivity index (χ0v) is 11.1. The minimum atomic E-state index is 0.938. The van der Waals surface area contributed by atoms with Crippen LogP contribution in [0.2, 0.25) is 0 Å². The smallest absolute Gasteiger partial charge is 0.0466 e. The Bertz CT molecular complexity index is 108. The zero-order valence-electron chi connectivity index (χ0n) is 11.1. The maximum absolute atomic E-state index is 5.45. The van der Waals surface area contributed by atoms with Crippen molar-refractivity contribution in [2.45, 2.75) is 72.1 Å². The lowest BCUT2D eigenvalue weighted by Gasteiger charge is -2.11. The van der Waals surface area contributed by atoms with Crippen LogP contribution >= 0.6 is 0 Å². The van der Waals surface area contributed by atoms with E-state index < -0.39 is 0 Å². The van der Waals surface area contributed by atoms with Crippen molar-refractivity contribution >= 4 is 0 Å². The Hall–Kier alpha value is -0.0400. The molecule has 0 rings (SSSR count). The third-order valence-electron chi connectivity index (χ3n) is 3.15. The Morgan fingerprint density at radius 3 is 2.07 bits per heavy atom. The summed E-state index contributed by atoms with van der Waals surface area (Å²) in [5.74, 6) is 0.973. The van der Waals surface area contributed by atoms with Crippen LogP contribution in [0.3, 0.4) is 0 Å². The van der Waals surface area contributed by atoms with Gasteiger partial charge in [0.25, 0.3) is 0 Å². The number of hydrogen-bond donors (Lipinski definition) is 0. The second-order valence-electron chi connectivity index (χ2n) is 4.50. The third kappa shape index (κ3) is 10.2. The van der Waals surface area contributed by atoms with Crippen LogP contribution in [0.4, 0.5) is 0 Å². The van der Waals surface area contributed by atoms with Crippen molar-refractivity contribution in [3.63, 3.8) is 0 Å². The molecule has 15 heavy (non-hydrogen) atoms. The Morgan fingerprint density at radius 1 is 0.800 bits per heavy atom. The number of hydrogen-bond acceptors (Lipinski definition) is 1. The SMILES string of the molecule is CCCOCCCCCCC(CC)CC. The van der Waals surface area contributed by atoms with E-state index in [0.29, 0.717) is 0 Å². The van der Waals surface area contributed by atoms with Gasteiger partial charge >= 0.3 is 0 Å². The summed E-state index contributed by atoms with van der Waals surface area (Å²) in [4.78, 5) is 0. The van der Waals surface area contributed by atoms with Gasteiger partial charge < -0.3 is 4.74 Å². The molecule has 0 radical (unpaired) electrons. The lowest BCUT2D eigenvalue weighted by molar-refractivity contribution is 0.130. The van der Waals surface area contributed by atoms with Crippen LogP contribution in [-0.2, 0) is 4.74 Å². The molecule has 0 bridgehead atoms. The van der Waals surface area contributed by atoms with Crippen LogP contribution < -0.4 is 0 Å². The van der Waals surface area contributed by atoms with E-state index in [0.717, 1.165) is 25.6 Å². The molecule has 0 aromatic carbocycles. The lowest BCUT2D eigenvalue weighted by Crippen LogP contribution is -1.98. The molecule has 0 aromatic rings. The van der Waals surface area contributed by atoms with E-state index in [9.17, 15) is 0 Å². The molecule has 0 fully saturated rings. The van der Waals surface area contributed by atoms with Gasteiger partial charge in [0.05, 0.1) is 0 Å². The Morgan fingerprint density at radius 2 is 1.47 bits per heavy atom. The first kappa shape index (κ1) is 15.0. The fourth-order valence-electron chi connectivity index (χ4n) is 1.93. The third-order valence-corrected chi connectivity index (χ3v) is 3.15. The summed E-state index contributed by atoms with van der Waals surface area (Å²) in [5.41, 5.74) is 0. The molecule has 0 amide bonds. The molecule has 0 aliphatic carbocycles. The molecule has 0 heterocycles. The monoisotopic (exact) mass is 214 g/mol. The van der Waals surface area contributed by atoms with Crippen molar-refractivity contribution in [3.8, 4) is 0 Å². The molecule has 0 saturated carbocycles. The van der Waals surface area contributed by atoms with E-state index in [4.69, 9.17) is 4.74 Å². The summed E-state index contributed by atoms with van der Waals surface area (Å²) >= 11 is 0. The first-order chi connectivity index (χ1) is 7.35. The predicted octanol–water partition coefficient (Wildman–Crippen LogP) is 4.80. The van der Waals surface area contributed by atoms with Crippen LogP contribution in [0, 0.1) is 5.92 Å². The second kappa shape index (κ2) is 12.0. The first-order valence-electron chi connectivity index (χ1n) is 6.92. The Kier molecular flexibility index (Phi) is 12.0. The van der Waals surface area contributed by atoms with Gasteiger partial charge in [-0.15, -0.1) is 0 Å². The second-order valence-corrected chi connectivity index (χ2v) is 4.50. The molecule has 0 saturated heterocycles. The van der Waals surface area contributed by atoms with Crippen molar-refractivity contribution in [2.24, 2.45) is 5.92 Å². The molecule has 1 heteroatoms. The molecule has 0 aromatic heterocycles. The summed E-state index contributed by atoms with van der Waals surface area (Å²) in [6.45, 7) is 8.70. The molecular weight excluding hydrogens is 184 g/mol. The van der Waals surface area contributed by atoms with Crippen LogP contribution in [0.25, 0.3) is 0 Å². The Balaban J connectivity index is 3.04. The van der Waals surface area contributed by atoms with Gasteiger partial charge in [0.15, 0.2) is 0 Å². The summed E-state index contributed by atoms with van der Waals surface area (Å²) in [7, 11) is 0. The number of ether oxygens (including phenoxy) is 1. The normalized spacial score (nSPS) is 11.2. The van der Waals surface area contributed by atoms with E-state index in [2.05, 4.69) is 20.8 Å². The Labute approximate surface area is 96.6 Å². The summed E-state index contributed by atoms with van der Waals surface area (Å²) in [5, 5.41) is 0. The fourth-order valence-corrected chi connectivity index (χ4v) is 1.93. The fraction of sp³-hybridized carbons (Fsp3) is 1.00. The van der Waals surface area contributed by atoms with Crippen LogP contribution in [0.1, 0.15) is 72.1 Å². The van der Waals surface area contributed by atoms with Crippen LogP contribution in [-0.4, -0.2) is 13.2 Å². The summed E-state index contributed by atoms with van der Waals surface area (Å²) in [6.07, 6.45) is 10.7. The van der Waals surface area contributed by atoms with Crippen molar-refractivity contribution in [2.75, 3.05) is 13.2 Å². The maximum Gasteiger partial charge on any atom is 0.0466 e. The van der Waals surface area contributed by atoms with Gasteiger partial charge in [-0.25, -0.2) is 0 Å².